The minimum Gasteiger partial charge on any atom is -0.325 e. The molecule has 0 atom stereocenters. The van der Waals surface area contributed by atoms with Gasteiger partial charge in [-0.15, -0.1) is 11.8 Å². The molecule has 4 heteroatoms. The number of carbonyl (C=O) groups is 1. The van der Waals surface area contributed by atoms with Crippen molar-refractivity contribution in [3.63, 3.8) is 0 Å². The number of hydrogen-bond donors (Lipinski definition) is 1. The lowest BCUT2D eigenvalue weighted by molar-refractivity contribution is 0.213. The second kappa shape index (κ2) is 7.91. The Kier molecular flexibility index (Phi) is 5.65. The molecule has 120 valence electrons. The maximum atomic E-state index is 12.5. The molecule has 1 saturated heterocycles. The van der Waals surface area contributed by atoms with Gasteiger partial charge in [0.15, 0.2) is 0 Å². The molecule has 22 heavy (non-hydrogen) atoms. The van der Waals surface area contributed by atoms with Crippen LogP contribution in [0.4, 0.5) is 10.5 Å². The van der Waals surface area contributed by atoms with Crippen LogP contribution in [0.3, 0.4) is 0 Å². The summed E-state index contributed by atoms with van der Waals surface area (Å²) in [5, 5.41) is 3.87. The van der Waals surface area contributed by atoms with Gasteiger partial charge in [0.1, 0.15) is 0 Å². The van der Waals surface area contributed by atoms with Crippen LogP contribution in [-0.4, -0.2) is 29.3 Å². The summed E-state index contributed by atoms with van der Waals surface area (Å²) in [5.74, 6) is 0. The van der Waals surface area contributed by atoms with E-state index in [0.29, 0.717) is 0 Å². The largest absolute Gasteiger partial charge is 0.325 e. The third-order valence-electron chi connectivity index (χ3n) is 4.62. The van der Waals surface area contributed by atoms with Crippen LogP contribution in [0.2, 0.25) is 0 Å². The van der Waals surface area contributed by atoms with Crippen molar-refractivity contribution in [3.8, 4) is 0 Å². The van der Waals surface area contributed by atoms with E-state index in [4.69, 9.17) is 0 Å². The van der Waals surface area contributed by atoms with E-state index in [9.17, 15) is 4.79 Å². The van der Waals surface area contributed by atoms with Crippen LogP contribution < -0.4 is 5.32 Å². The van der Waals surface area contributed by atoms with Crippen molar-refractivity contribution in [1.29, 1.82) is 0 Å². The maximum absolute atomic E-state index is 12.5. The second-order valence-corrected chi connectivity index (χ2v) is 7.69. The van der Waals surface area contributed by atoms with E-state index in [1.807, 2.05) is 28.8 Å². The van der Waals surface area contributed by atoms with Crippen LogP contribution in [0.15, 0.2) is 29.2 Å². The molecule has 2 amide bonds. The van der Waals surface area contributed by atoms with Crippen LogP contribution in [0.5, 0.6) is 0 Å². The Labute approximate surface area is 137 Å². The smallest absolute Gasteiger partial charge is 0.321 e. The standard InChI is InChI=1S/C18H26N2OS/c21-18(20-13-7-1-2-8-14-20)19-16-11-5-6-12-17(16)22-15-9-3-4-10-15/h5-6,11-12,15H,1-4,7-10,13-14H2,(H,19,21). The van der Waals surface area contributed by atoms with Gasteiger partial charge in [0, 0.05) is 23.2 Å². The van der Waals surface area contributed by atoms with Gasteiger partial charge in [0.2, 0.25) is 0 Å². The molecule has 1 heterocycles. The molecule has 1 aliphatic carbocycles. The number of benzene rings is 1. The lowest BCUT2D eigenvalue weighted by Gasteiger charge is -2.22. The first kappa shape index (κ1) is 15.7. The van der Waals surface area contributed by atoms with Crippen molar-refractivity contribution in [3.05, 3.63) is 24.3 Å². The van der Waals surface area contributed by atoms with Gasteiger partial charge in [-0.1, -0.05) is 37.8 Å². The number of para-hydroxylation sites is 1. The summed E-state index contributed by atoms with van der Waals surface area (Å²) in [6.07, 6.45) is 10.1. The number of rotatable bonds is 3. The molecule has 3 rings (SSSR count). The van der Waals surface area contributed by atoms with E-state index < -0.39 is 0 Å². The van der Waals surface area contributed by atoms with Crippen molar-refractivity contribution in [2.75, 3.05) is 18.4 Å². The van der Waals surface area contributed by atoms with Crippen LogP contribution >= 0.6 is 11.8 Å². The topological polar surface area (TPSA) is 32.3 Å². The first-order valence-corrected chi connectivity index (χ1v) is 9.52. The quantitative estimate of drug-likeness (QED) is 0.838. The molecule has 1 N–H and O–H groups in total. The number of carbonyl (C=O) groups excluding carboxylic acids is 1. The van der Waals surface area contributed by atoms with Crippen molar-refractivity contribution in [2.24, 2.45) is 0 Å². The summed E-state index contributed by atoms with van der Waals surface area (Å²) in [4.78, 5) is 15.7. The summed E-state index contributed by atoms with van der Waals surface area (Å²) >= 11 is 1.94. The number of nitrogens with zero attached hydrogens (tertiary/aromatic N) is 1. The molecule has 0 unspecified atom stereocenters. The van der Waals surface area contributed by atoms with Gasteiger partial charge < -0.3 is 10.2 Å². The minimum atomic E-state index is 0.0707. The van der Waals surface area contributed by atoms with E-state index in [-0.39, 0.29) is 6.03 Å². The summed E-state index contributed by atoms with van der Waals surface area (Å²) in [7, 11) is 0. The number of nitrogens with one attached hydrogen (secondary N) is 1. The maximum Gasteiger partial charge on any atom is 0.321 e. The number of anilines is 1. The summed E-state index contributed by atoms with van der Waals surface area (Å²) in [6, 6.07) is 8.32. The predicted molar refractivity (Wildman–Crippen MR) is 93.6 cm³/mol. The SMILES string of the molecule is O=C(Nc1ccccc1SC1CCCC1)N1CCCCCC1. The lowest BCUT2D eigenvalue weighted by Crippen LogP contribution is -2.35. The Hall–Kier alpha value is -1.16. The zero-order valence-corrected chi connectivity index (χ0v) is 14.0. The molecule has 2 fully saturated rings. The highest BCUT2D eigenvalue weighted by atomic mass is 32.2. The van der Waals surface area contributed by atoms with Crippen LogP contribution in [0, 0.1) is 0 Å². The second-order valence-electron chi connectivity index (χ2n) is 6.35. The first-order chi connectivity index (χ1) is 10.8. The zero-order valence-electron chi connectivity index (χ0n) is 13.2. The number of urea groups is 1. The third kappa shape index (κ3) is 4.19. The number of likely N-dealkylation sites (tertiary alicyclic amines) is 1. The molecule has 0 spiro atoms. The van der Waals surface area contributed by atoms with Gasteiger partial charge in [0.25, 0.3) is 0 Å². The fourth-order valence-corrected chi connectivity index (χ4v) is 4.66. The molecule has 2 aliphatic rings. The molecular weight excluding hydrogens is 292 g/mol. The van der Waals surface area contributed by atoms with Gasteiger partial charge >= 0.3 is 6.03 Å². The van der Waals surface area contributed by atoms with E-state index in [1.54, 1.807) is 0 Å². The average Bonchev–Trinajstić information content (AvgIpc) is 2.88. The fourth-order valence-electron chi connectivity index (χ4n) is 3.33. The summed E-state index contributed by atoms with van der Waals surface area (Å²) in [5.41, 5.74) is 0.980. The summed E-state index contributed by atoms with van der Waals surface area (Å²) in [6.45, 7) is 1.79. The molecule has 1 aromatic carbocycles. The van der Waals surface area contributed by atoms with Gasteiger partial charge in [0.05, 0.1) is 5.69 Å². The van der Waals surface area contributed by atoms with Gasteiger partial charge in [-0.25, -0.2) is 4.79 Å². The molecule has 3 nitrogen and oxygen atoms in total. The highest BCUT2D eigenvalue weighted by Gasteiger charge is 2.20. The molecule has 1 saturated carbocycles. The first-order valence-electron chi connectivity index (χ1n) is 8.64. The van der Waals surface area contributed by atoms with Gasteiger partial charge in [-0.3, -0.25) is 0 Å². The van der Waals surface area contributed by atoms with E-state index in [0.717, 1.165) is 36.9 Å². The zero-order chi connectivity index (χ0) is 15.2. The molecule has 1 aliphatic heterocycles. The third-order valence-corrected chi connectivity index (χ3v) is 6.03. The Bertz CT molecular complexity index is 492. The molecule has 0 aromatic heterocycles. The Balaban J connectivity index is 1.64. The Morgan fingerprint density at radius 3 is 2.41 bits per heavy atom. The van der Waals surface area contributed by atoms with Crippen LogP contribution in [0.1, 0.15) is 51.4 Å². The molecular formula is C18H26N2OS. The van der Waals surface area contributed by atoms with E-state index in [2.05, 4.69) is 17.4 Å². The molecule has 0 bridgehead atoms. The van der Waals surface area contributed by atoms with Crippen molar-refractivity contribution in [1.82, 2.24) is 4.90 Å². The minimum absolute atomic E-state index is 0.0707. The van der Waals surface area contributed by atoms with Crippen molar-refractivity contribution < 1.29 is 4.79 Å². The Morgan fingerprint density at radius 2 is 1.68 bits per heavy atom. The monoisotopic (exact) mass is 318 g/mol. The number of hydrogen-bond acceptors (Lipinski definition) is 2. The van der Waals surface area contributed by atoms with Crippen molar-refractivity contribution in [2.45, 2.75) is 61.5 Å². The van der Waals surface area contributed by atoms with Crippen LogP contribution in [0.25, 0.3) is 0 Å². The van der Waals surface area contributed by atoms with E-state index >= 15 is 0 Å². The fraction of sp³-hybridized carbons (Fsp3) is 0.611. The normalized spacial score (nSPS) is 19.9. The Morgan fingerprint density at radius 1 is 1.00 bits per heavy atom. The summed E-state index contributed by atoms with van der Waals surface area (Å²) < 4.78 is 0. The highest BCUT2D eigenvalue weighted by molar-refractivity contribution is 8.00. The van der Waals surface area contributed by atoms with E-state index in [1.165, 1.54) is 43.4 Å². The molecule has 0 radical (unpaired) electrons. The molecule has 1 aromatic rings. The number of thioether (sulfide) groups is 1. The van der Waals surface area contributed by atoms with Crippen LogP contribution in [-0.2, 0) is 0 Å². The van der Waals surface area contributed by atoms with Gasteiger partial charge in [-0.05, 0) is 37.8 Å². The highest BCUT2D eigenvalue weighted by Crippen LogP contribution is 2.38. The van der Waals surface area contributed by atoms with Crippen molar-refractivity contribution >= 4 is 23.5 Å². The number of amides is 2. The predicted octanol–water partition coefficient (Wildman–Crippen LogP) is 5.13. The van der Waals surface area contributed by atoms with Gasteiger partial charge in [-0.2, -0.15) is 0 Å². The average molecular weight is 318 g/mol. The lowest BCUT2D eigenvalue weighted by atomic mass is 10.2.